The maximum atomic E-state index is 13.0. The highest BCUT2D eigenvalue weighted by atomic mass is 16.5. The second-order valence-electron chi connectivity index (χ2n) is 8.06. The Morgan fingerprint density at radius 1 is 1.21 bits per heavy atom. The zero-order valence-electron chi connectivity index (χ0n) is 18.6. The van der Waals surface area contributed by atoms with Gasteiger partial charge in [0.2, 0.25) is 0 Å². The topological polar surface area (TPSA) is 124 Å². The molecule has 0 spiro atoms. The number of aromatic hydroxyl groups is 2. The van der Waals surface area contributed by atoms with Crippen LogP contribution in [0.15, 0.2) is 48.0 Å². The molecule has 0 saturated carbocycles. The molecule has 3 N–H and O–H groups in total. The average molecular weight is 453 g/mol. The molecule has 1 aliphatic rings. The molecule has 3 rings (SSSR count). The second kappa shape index (κ2) is 10.2. The number of fused-ring (bicyclic) bond motifs is 1. The van der Waals surface area contributed by atoms with Gasteiger partial charge in [-0.25, -0.2) is 4.79 Å². The summed E-state index contributed by atoms with van der Waals surface area (Å²) in [6.07, 6.45) is 2.74. The number of carboxylic acid groups (broad SMARTS) is 1. The lowest BCUT2D eigenvalue weighted by Gasteiger charge is -2.24. The highest BCUT2D eigenvalue weighted by Gasteiger charge is 2.39. The van der Waals surface area contributed by atoms with Crippen LogP contribution in [0.2, 0.25) is 0 Å². The minimum atomic E-state index is -1.14. The quantitative estimate of drug-likeness (QED) is 0.393. The highest BCUT2D eigenvalue weighted by molar-refractivity contribution is 6.01. The third-order valence-electron chi connectivity index (χ3n) is 5.85. The summed E-state index contributed by atoms with van der Waals surface area (Å²) in [6, 6.07) is 9.19. The number of nitrogens with zero attached hydrogens (tertiary/aromatic N) is 1. The van der Waals surface area contributed by atoms with E-state index in [1.165, 1.54) is 18.1 Å². The molecule has 0 fully saturated rings. The molecule has 2 aromatic carbocycles. The number of phenols is 2. The fraction of sp³-hybridized carbons (Fsp3) is 0.320. The summed E-state index contributed by atoms with van der Waals surface area (Å²) in [6.45, 7) is 1.77. The summed E-state index contributed by atoms with van der Waals surface area (Å²) < 4.78 is 4.60. The van der Waals surface area contributed by atoms with Gasteiger partial charge in [-0.2, -0.15) is 0 Å². The number of carbonyl (C=O) groups excluding carboxylic acids is 2. The van der Waals surface area contributed by atoms with Gasteiger partial charge in [-0.1, -0.05) is 42.0 Å². The third kappa shape index (κ3) is 5.34. The van der Waals surface area contributed by atoms with Crippen LogP contribution in [0.1, 0.15) is 46.8 Å². The number of methoxy groups -OCH3 is 1. The van der Waals surface area contributed by atoms with E-state index < -0.39 is 17.9 Å². The van der Waals surface area contributed by atoms with E-state index in [1.807, 2.05) is 13.0 Å². The maximum Gasteiger partial charge on any atom is 0.326 e. The van der Waals surface area contributed by atoms with Gasteiger partial charge in [-0.15, -0.1) is 0 Å². The van der Waals surface area contributed by atoms with Gasteiger partial charge in [0, 0.05) is 17.5 Å². The molecule has 1 heterocycles. The fourth-order valence-electron chi connectivity index (χ4n) is 3.92. The largest absolute Gasteiger partial charge is 0.508 e. The molecule has 1 atom stereocenters. The number of allylic oxidation sites excluding steroid dienone is 1. The molecule has 0 aromatic heterocycles. The third-order valence-corrected chi connectivity index (χ3v) is 5.85. The number of esters is 1. The molecule has 174 valence electrons. The lowest BCUT2D eigenvalue weighted by Crippen LogP contribution is -2.42. The van der Waals surface area contributed by atoms with Gasteiger partial charge in [0.1, 0.15) is 17.5 Å². The van der Waals surface area contributed by atoms with Gasteiger partial charge in [-0.05, 0) is 31.4 Å². The van der Waals surface area contributed by atoms with Gasteiger partial charge in [0.25, 0.3) is 5.91 Å². The standard InChI is InChI=1S/C25H27NO7/c1-15(9-11-22(28)33-2)8-10-17-21(27)13-18-19(23(17)29)14-26(24(18)30)20(25(31)32)12-16-6-4-3-5-7-16/h3-7,9,13,20,27,29H,8,10-12,14H2,1-2H3,(H,31,32). The van der Waals surface area contributed by atoms with E-state index in [0.29, 0.717) is 12.0 Å². The van der Waals surface area contributed by atoms with E-state index in [9.17, 15) is 29.7 Å². The SMILES string of the molecule is COC(=O)CC=C(C)CCc1c(O)cc2c(c1O)CN(C(Cc1ccccc1)C(=O)O)C2=O. The first-order valence-electron chi connectivity index (χ1n) is 10.6. The Balaban J connectivity index is 1.81. The van der Waals surface area contributed by atoms with Crippen molar-refractivity contribution >= 4 is 17.8 Å². The molecule has 1 amide bonds. The molecule has 0 saturated heterocycles. The predicted octanol–water partition coefficient (Wildman–Crippen LogP) is 3.19. The predicted molar refractivity (Wildman–Crippen MR) is 120 cm³/mol. The van der Waals surface area contributed by atoms with Crippen LogP contribution < -0.4 is 0 Å². The molecular formula is C25H27NO7. The molecule has 1 unspecified atom stereocenters. The molecule has 2 aromatic rings. The van der Waals surface area contributed by atoms with Crippen molar-refractivity contribution in [3.05, 3.63) is 70.3 Å². The van der Waals surface area contributed by atoms with Crippen molar-refractivity contribution in [2.24, 2.45) is 0 Å². The van der Waals surface area contributed by atoms with Crippen LogP contribution in [0, 0.1) is 0 Å². The smallest absolute Gasteiger partial charge is 0.326 e. The number of rotatable bonds is 9. The summed E-state index contributed by atoms with van der Waals surface area (Å²) in [4.78, 5) is 37.4. The zero-order chi connectivity index (χ0) is 24.1. The Morgan fingerprint density at radius 3 is 2.55 bits per heavy atom. The Bertz CT molecular complexity index is 1090. The van der Waals surface area contributed by atoms with E-state index in [1.54, 1.807) is 30.3 Å². The van der Waals surface area contributed by atoms with Gasteiger partial charge in [0.15, 0.2) is 0 Å². The number of phenolic OH excluding ortho intramolecular Hbond substituents is 2. The molecule has 0 bridgehead atoms. The van der Waals surface area contributed by atoms with Crippen molar-refractivity contribution in [2.75, 3.05) is 7.11 Å². The summed E-state index contributed by atoms with van der Waals surface area (Å²) in [7, 11) is 1.31. The second-order valence-corrected chi connectivity index (χ2v) is 8.06. The van der Waals surface area contributed by atoms with Crippen molar-refractivity contribution in [1.29, 1.82) is 0 Å². The Hall–Kier alpha value is -3.81. The van der Waals surface area contributed by atoms with Crippen LogP contribution in [-0.2, 0) is 33.7 Å². The number of carbonyl (C=O) groups is 3. The van der Waals surface area contributed by atoms with E-state index in [0.717, 1.165) is 11.1 Å². The van der Waals surface area contributed by atoms with Crippen LogP contribution in [0.4, 0.5) is 0 Å². The van der Waals surface area contributed by atoms with Gasteiger partial charge >= 0.3 is 11.9 Å². The molecule has 33 heavy (non-hydrogen) atoms. The van der Waals surface area contributed by atoms with Crippen LogP contribution in [0.5, 0.6) is 11.5 Å². The molecule has 1 aliphatic heterocycles. The number of hydrogen-bond donors (Lipinski definition) is 3. The van der Waals surface area contributed by atoms with Crippen LogP contribution >= 0.6 is 0 Å². The summed E-state index contributed by atoms with van der Waals surface area (Å²) in [5.41, 5.74) is 2.35. The monoisotopic (exact) mass is 453 g/mol. The number of carboxylic acids is 1. The van der Waals surface area contributed by atoms with Crippen molar-refractivity contribution in [2.45, 2.75) is 45.2 Å². The van der Waals surface area contributed by atoms with Crippen molar-refractivity contribution in [1.82, 2.24) is 4.90 Å². The van der Waals surface area contributed by atoms with Crippen LogP contribution in [0.3, 0.4) is 0 Å². The molecule has 0 radical (unpaired) electrons. The van der Waals surface area contributed by atoms with E-state index in [4.69, 9.17) is 0 Å². The summed E-state index contributed by atoms with van der Waals surface area (Å²) in [5.74, 6) is -2.47. The minimum Gasteiger partial charge on any atom is -0.508 e. The van der Waals surface area contributed by atoms with Crippen molar-refractivity contribution in [3.8, 4) is 11.5 Å². The van der Waals surface area contributed by atoms with Gasteiger partial charge < -0.3 is 25.0 Å². The number of amides is 1. The Labute approximate surface area is 191 Å². The molecule has 0 aliphatic carbocycles. The zero-order valence-corrected chi connectivity index (χ0v) is 18.6. The van der Waals surface area contributed by atoms with Gasteiger partial charge in [-0.3, -0.25) is 9.59 Å². The summed E-state index contributed by atoms with van der Waals surface area (Å²) in [5, 5.41) is 31.1. The van der Waals surface area contributed by atoms with E-state index in [-0.39, 0.29) is 54.4 Å². The van der Waals surface area contributed by atoms with Crippen molar-refractivity contribution in [3.63, 3.8) is 0 Å². The van der Waals surface area contributed by atoms with Crippen LogP contribution in [-0.4, -0.2) is 51.2 Å². The lowest BCUT2D eigenvalue weighted by atomic mass is 9.98. The Kier molecular flexibility index (Phi) is 7.37. The van der Waals surface area contributed by atoms with E-state index >= 15 is 0 Å². The maximum absolute atomic E-state index is 13.0. The first kappa shape index (κ1) is 23.8. The number of aliphatic carboxylic acids is 1. The number of hydrogen-bond acceptors (Lipinski definition) is 6. The van der Waals surface area contributed by atoms with Gasteiger partial charge in [0.05, 0.1) is 25.6 Å². The average Bonchev–Trinajstić information content (AvgIpc) is 3.12. The highest BCUT2D eigenvalue weighted by Crippen LogP contribution is 2.40. The first-order valence-corrected chi connectivity index (χ1v) is 10.6. The number of benzene rings is 2. The molecule has 8 nitrogen and oxygen atoms in total. The van der Waals surface area contributed by atoms with E-state index in [2.05, 4.69) is 4.74 Å². The molecular weight excluding hydrogens is 426 g/mol. The molecule has 8 heteroatoms. The fourth-order valence-corrected chi connectivity index (χ4v) is 3.92. The Morgan fingerprint density at radius 2 is 1.91 bits per heavy atom. The first-order chi connectivity index (χ1) is 15.7. The minimum absolute atomic E-state index is 0.0613. The number of ether oxygens (including phenoxy) is 1. The van der Waals surface area contributed by atoms with Crippen LogP contribution in [0.25, 0.3) is 0 Å². The summed E-state index contributed by atoms with van der Waals surface area (Å²) >= 11 is 0. The normalized spacial score (nSPS) is 14.2. The van der Waals surface area contributed by atoms with Crippen molar-refractivity contribution < 1.29 is 34.4 Å². The lowest BCUT2D eigenvalue weighted by molar-refractivity contribution is -0.142.